The molecule has 204 valence electrons. The van der Waals surface area contributed by atoms with E-state index in [2.05, 4.69) is 25.9 Å². The van der Waals surface area contributed by atoms with Crippen LogP contribution in [0.1, 0.15) is 48.0 Å². The first kappa shape index (κ1) is 25.8. The molecule has 4 amide bonds. The number of aromatic nitrogens is 2. The van der Waals surface area contributed by atoms with Crippen molar-refractivity contribution in [1.29, 1.82) is 0 Å². The number of rotatable bonds is 7. The summed E-state index contributed by atoms with van der Waals surface area (Å²) >= 11 is 1.23. The van der Waals surface area contributed by atoms with Gasteiger partial charge in [-0.15, -0.1) is 11.3 Å². The van der Waals surface area contributed by atoms with E-state index in [-0.39, 0.29) is 23.9 Å². The highest BCUT2D eigenvalue weighted by atomic mass is 32.1. The minimum Gasteiger partial charge on any atom is -0.439 e. The van der Waals surface area contributed by atoms with Gasteiger partial charge in [0.05, 0.1) is 28.1 Å². The van der Waals surface area contributed by atoms with E-state index in [0.29, 0.717) is 55.9 Å². The molecule has 1 saturated carbocycles. The molecular formula is C29H28N6O4S. The highest BCUT2D eigenvalue weighted by molar-refractivity contribution is 7.21. The van der Waals surface area contributed by atoms with Crippen molar-refractivity contribution in [3.8, 4) is 11.6 Å². The average molecular weight is 557 g/mol. The van der Waals surface area contributed by atoms with E-state index < -0.39 is 6.03 Å². The molecule has 0 saturated heterocycles. The van der Waals surface area contributed by atoms with Crippen molar-refractivity contribution in [2.24, 2.45) is 0 Å². The van der Waals surface area contributed by atoms with Crippen molar-refractivity contribution >= 4 is 56.5 Å². The van der Waals surface area contributed by atoms with Gasteiger partial charge in [-0.2, -0.15) is 0 Å². The number of carbonyl (C=O) groups is 3. The van der Waals surface area contributed by atoms with Gasteiger partial charge in [-0.1, -0.05) is 25.1 Å². The molecule has 0 radical (unpaired) electrons. The normalized spacial score (nSPS) is 17.9. The molecule has 2 aliphatic rings. The van der Waals surface area contributed by atoms with Crippen molar-refractivity contribution < 1.29 is 19.1 Å². The molecule has 0 spiro atoms. The van der Waals surface area contributed by atoms with Crippen molar-refractivity contribution in [1.82, 2.24) is 20.6 Å². The molecule has 40 heavy (non-hydrogen) atoms. The first-order chi connectivity index (χ1) is 19.4. The zero-order valence-corrected chi connectivity index (χ0v) is 22.9. The second-order valence-electron chi connectivity index (χ2n) is 9.79. The first-order valence-electron chi connectivity index (χ1n) is 13.3. The smallest absolute Gasteiger partial charge is 0.331 e. The Balaban J connectivity index is 1.30. The molecule has 3 N–H and O–H groups in total. The van der Waals surface area contributed by atoms with Gasteiger partial charge >= 0.3 is 6.03 Å². The highest BCUT2D eigenvalue weighted by Gasteiger charge is 2.35. The molecule has 0 unspecified atom stereocenters. The molecule has 1 aliphatic heterocycles. The number of pyridine rings is 2. The van der Waals surface area contributed by atoms with E-state index in [9.17, 15) is 14.4 Å². The Labute approximate surface area is 234 Å². The number of benzene rings is 1. The Kier molecular flexibility index (Phi) is 6.81. The van der Waals surface area contributed by atoms with E-state index in [1.165, 1.54) is 11.3 Å². The van der Waals surface area contributed by atoms with Crippen LogP contribution in [-0.2, 0) is 4.79 Å². The number of para-hydroxylation sites is 1. The number of amides is 4. The molecule has 2 atom stereocenters. The fraction of sp³-hybridized carbons (Fsp3) is 0.276. The minimum absolute atomic E-state index is 0.0336. The summed E-state index contributed by atoms with van der Waals surface area (Å²) < 4.78 is 5.86. The fourth-order valence-electron chi connectivity index (χ4n) is 5.26. The van der Waals surface area contributed by atoms with Crippen LogP contribution in [0.3, 0.4) is 0 Å². The van der Waals surface area contributed by atoms with Crippen LogP contribution in [0.5, 0.6) is 11.6 Å². The molecule has 1 fully saturated rings. The monoisotopic (exact) mass is 556 g/mol. The third kappa shape index (κ3) is 4.73. The second-order valence-corrected chi connectivity index (χ2v) is 10.8. The number of nitrogens with one attached hydrogen (secondary N) is 3. The Bertz CT molecular complexity index is 1620. The maximum Gasteiger partial charge on any atom is 0.331 e. The van der Waals surface area contributed by atoms with Crippen LogP contribution < -0.4 is 25.6 Å². The SMILES string of the molecule is CCC(=O)N[C@@H]1CCC[C@H]1NC(=O)c1sc2nccc3c2c1NC(=O)N3c1ccc(Oc2ccccc2)nc1C. The lowest BCUT2D eigenvalue weighted by Crippen LogP contribution is -2.48. The third-order valence-corrected chi connectivity index (χ3v) is 8.29. The number of hydrogen-bond acceptors (Lipinski definition) is 7. The second kappa shape index (κ2) is 10.6. The molecule has 3 aromatic heterocycles. The minimum atomic E-state index is -0.400. The van der Waals surface area contributed by atoms with Gasteiger partial charge in [-0.05, 0) is 50.5 Å². The topological polar surface area (TPSA) is 126 Å². The van der Waals surface area contributed by atoms with E-state index in [0.717, 1.165) is 19.3 Å². The average Bonchev–Trinajstić information content (AvgIpc) is 3.55. The summed E-state index contributed by atoms with van der Waals surface area (Å²) in [6.45, 7) is 3.62. The Morgan fingerprint density at radius 1 is 1.07 bits per heavy atom. The van der Waals surface area contributed by atoms with Crippen molar-refractivity contribution in [3.63, 3.8) is 0 Å². The summed E-state index contributed by atoms with van der Waals surface area (Å²) in [4.78, 5) is 50.5. The Morgan fingerprint density at radius 3 is 2.60 bits per heavy atom. The summed E-state index contributed by atoms with van der Waals surface area (Å²) in [5.74, 6) is 0.758. The largest absolute Gasteiger partial charge is 0.439 e. The van der Waals surface area contributed by atoms with Gasteiger partial charge < -0.3 is 20.7 Å². The lowest BCUT2D eigenvalue weighted by molar-refractivity contribution is -0.121. The van der Waals surface area contributed by atoms with Gasteiger partial charge in [0, 0.05) is 30.8 Å². The lowest BCUT2D eigenvalue weighted by atomic mass is 10.1. The van der Waals surface area contributed by atoms with Gasteiger partial charge in [-0.25, -0.2) is 14.8 Å². The van der Waals surface area contributed by atoms with E-state index >= 15 is 0 Å². The number of thiophene rings is 1. The molecule has 11 heteroatoms. The van der Waals surface area contributed by atoms with Gasteiger partial charge in [0.1, 0.15) is 15.5 Å². The molecule has 0 bridgehead atoms. The van der Waals surface area contributed by atoms with Crippen LogP contribution in [0.25, 0.3) is 10.2 Å². The van der Waals surface area contributed by atoms with Gasteiger partial charge in [0.15, 0.2) is 0 Å². The molecule has 1 aliphatic carbocycles. The molecule has 6 rings (SSSR count). The lowest BCUT2D eigenvalue weighted by Gasteiger charge is -2.29. The number of hydrogen-bond donors (Lipinski definition) is 3. The molecule has 4 heterocycles. The van der Waals surface area contributed by atoms with Gasteiger partial charge in [-0.3, -0.25) is 14.5 Å². The number of anilines is 3. The molecule has 1 aromatic carbocycles. The zero-order chi connectivity index (χ0) is 27.8. The van der Waals surface area contributed by atoms with Crippen molar-refractivity contribution in [3.05, 3.63) is 65.3 Å². The van der Waals surface area contributed by atoms with E-state index in [1.54, 1.807) is 36.2 Å². The van der Waals surface area contributed by atoms with Gasteiger partial charge in [0.25, 0.3) is 5.91 Å². The Morgan fingerprint density at radius 2 is 1.85 bits per heavy atom. The van der Waals surface area contributed by atoms with Gasteiger partial charge in [0.2, 0.25) is 11.8 Å². The third-order valence-electron chi connectivity index (χ3n) is 7.19. The highest BCUT2D eigenvalue weighted by Crippen LogP contribution is 2.46. The number of aryl methyl sites for hydroxylation is 1. The first-order valence-corrected chi connectivity index (χ1v) is 14.1. The maximum atomic E-state index is 13.5. The van der Waals surface area contributed by atoms with Crippen LogP contribution in [0.4, 0.5) is 21.9 Å². The van der Waals surface area contributed by atoms with Crippen LogP contribution >= 0.6 is 11.3 Å². The summed E-state index contributed by atoms with van der Waals surface area (Å²) in [6, 6.07) is 14.0. The summed E-state index contributed by atoms with van der Waals surface area (Å²) in [6.07, 6.45) is 4.54. The van der Waals surface area contributed by atoms with Crippen LogP contribution in [-0.4, -0.2) is 39.9 Å². The summed E-state index contributed by atoms with van der Waals surface area (Å²) in [7, 11) is 0. The predicted molar refractivity (Wildman–Crippen MR) is 154 cm³/mol. The number of nitrogens with zero attached hydrogens (tertiary/aromatic N) is 3. The number of ether oxygens (including phenoxy) is 1. The van der Waals surface area contributed by atoms with Crippen LogP contribution in [0.2, 0.25) is 0 Å². The van der Waals surface area contributed by atoms with E-state index in [1.807, 2.05) is 37.3 Å². The zero-order valence-electron chi connectivity index (χ0n) is 22.1. The fourth-order valence-corrected chi connectivity index (χ4v) is 6.29. The number of carbonyl (C=O) groups excluding carboxylic acids is 3. The maximum absolute atomic E-state index is 13.5. The molecule has 10 nitrogen and oxygen atoms in total. The predicted octanol–water partition coefficient (Wildman–Crippen LogP) is 5.65. The number of urea groups is 1. The molecule has 4 aromatic rings. The van der Waals surface area contributed by atoms with Crippen molar-refractivity contribution in [2.45, 2.75) is 51.6 Å². The Hall–Kier alpha value is -4.51. The van der Waals surface area contributed by atoms with E-state index in [4.69, 9.17) is 4.74 Å². The van der Waals surface area contributed by atoms with Crippen LogP contribution in [0.15, 0.2) is 54.7 Å². The molecular weight excluding hydrogens is 528 g/mol. The summed E-state index contributed by atoms with van der Waals surface area (Å²) in [5.41, 5.74) is 2.26. The van der Waals surface area contributed by atoms with Crippen LogP contribution in [0, 0.1) is 6.92 Å². The standard InChI is InChI=1S/C29H28N6O4S/c1-3-22(36)32-18-10-7-11-19(18)33-27(37)26-25-24-21(14-15-30-28(24)40-26)35(29(38)34-25)20-12-13-23(31-16(20)2)39-17-8-5-4-6-9-17/h4-6,8-9,12-15,18-19H,3,7,10-11H2,1-2H3,(H,32,36)(H,33,37)(H,34,38)/t18-,19-/m1/s1. The quantitative estimate of drug-likeness (QED) is 0.270. The summed E-state index contributed by atoms with van der Waals surface area (Å²) in [5, 5.41) is 9.72. The van der Waals surface area contributed by atoms with Crippen molar-refractivity contribution in [2.75, 3.05) is 10.2 Å².